The molecule has 0 aromatic rings. The van der Waals surface area contributed by atoms with Gasteiger partial charge in [-0.25, -0.2) is 0 Å². The average Bonchev–Trinajstić information content (AvgIpc) is 2.77. The van der Waals surface area contributed by atoms with Crippen LogP contribution in [0.2, 0.25) is 0 Å². The lowest BCUT2D eigenvalue weighted by Gasteiger charge is -2.31. The van der Waals surface area contributed by atoms with Gasteiger partial charge in [0, 0.05) is 5.92 Å². The van der Waals surface area contributed by atoms with E-state index in [1.165, 1.54) is 19.3 Å². The molecule has 0 amide bonds. The topological polar surface area (TPSA) is 0 Å². The van der Waals surface area contributed by atoms with Gasteiger partial charge in [0.25, 0.3) is 0 Å². The van der Waals surface area contributed by atoms with E-state index in [-0.39, 0.29) is 0 Å². The zero-order valence-corrected chi connectivity index (χ0v) is 7.43. The van der Waals surface area contributed by atoms with Crippen molar-refractivity contribution < 1.29 is 0 Å². The van der Waals surface area contributed by atoms with Gasteiger partial charge in [-0.05, 0) is 36.5 Å². The van der Waals surface area contributed by atoms with Crippen LogP contribution < -0.4 is 0 Å². The van der Waals surface area contributed by atoms with Crippen molar-refractivity contribution in [2.75, 3.05) is 0 Å². The smallest absolute Gasteiger partial charge is 0.00138 e. The third kappa shape index (κ3) is 0.660. The molecule has 3 aliphatic rings. The largest absolute Gasteiger partial charge is 0.0767 e. The van der Waals surface area contributed by atoms with Crippen molar-refractivity contribution in [3.05, 3.63) is 11.6 Å². The van der Waals surface area contributed by atoms with Crippen LogP contribution in [0.1, 0.15) is 33.1 Å². The molecule has 3 atom stereocenters. The first kappa shape index (κ1) is 6.28. The van der Waals surface area contributed by atoms with Crippen molar-refractivity contribution in [1.29, 1.82) is 0 Å². The average molecular weight is 148 g/mol. The lowest BCUT2D eigenvalue weighted by Crippen LogP contribution is -2.23. The Morgan fingerprint density at radius 3 is 2.73 bits per heavy atom. The molecule has 0 heterocycles. The first-order valence-corrected chi connectivity index (χ1v) is 4.95. The zero-order valence-electron chi connectivity index (χ0n) is 7.43. The third-order valence-electron chi connectivity index (χ3n) is 4.25. The highest BCUT2D eigenvalue weighted by Gasteiger charge is 2.58. The summed E-state index contributed by atoms with van der Waals surface area (Å²) in [6.07, 6.45) is 7.05. The van der Waals surface area contributed by atoms with E-state index in [1.54, 1.807) is 0 Å². The van der Waals surface area contributed by atoms with Gasteiger partial charge in [-0.3, -0.25) is 0 Å². The summed E-state index contributed by atoms with van der Waals surface area (Å²) < 4.78 is 0. The van der Waals surface area contributed by atoms with Gasteiger partial charge in [0.05, 0.1) is 0 Å². The standard InChI is InChI=1S/C11H16/c1-7-6-11(3-4-11)10-5-9(10)8(7)2/h5,7-9H,3-4,6H2,1-2H3. The molecular weight excluding hydrogens is 132 g/mol. The quantitative estimate of drug-likeness (QED) is 0.463. The molecule has 0 nitrogen and oxygen atoms in total. The molecule has 1 spiro atoms. The molecule has 11 heavy (non-hydrogen) atoms. The molecule has 3 unspecified atom stereocenters. The summed E-state index contributed by atoms with van der Waals surface area (Å²) in [7, 11) is 0. The number of fused-ring (bicyclic) bond motifs is 2. The van der Waals surface area contributed by atoms with Crippen LogP contribution in [0.4, 0.5) is 0 Å². The van der Waals surface area contributed by atoms with Crippen LogP contribution in [0, 0.1) is 23.2 Å². The number of hydrogen-bond donors (Lipinski definition) is 0. The Morgan fingerprint density at radius 1 is 1.36 bits per heavy atom. The Kier molecular flexibility index (Phi) is 0.898. The van der Waals surface area contributed by atoms with Crippen molar-refractivity contribution in [2.24, 2.45) is 23.2 Å². The highest BCUT2D eigenvalue weighted by Crippen LogP contribution is 2.68. The fourth-order valence-electron chi connectivity index (χ4n) is 3.03. The molecule has 2 saturated carbocycles. The van der Waals surface area contributed by atoms with E-state index in [0.29, 0.717) is 0 Å². The highest BCUT2D eigenvalue weighted by atomic mass is 14.6. The van der Waals surface area contributed by atoms with Crippen molar-refractivity contribution >= 4 is 0 Å². The first-order valence-electron chi connectivity index (χ1n) is 4.95. The second-order valence-corrected chi connectivity index (χ2v) is 4.97. The summed E-state index contributed by atoms with van der Waals surface area (Å²) >= 11 is 0. The minimum absolute atomic E-state index is 0.774. The Labute approximate surface area is 68.7 Å². The molecule has 0 saturated heterocycles. The normalized spacial score (nSPS) is 50.0. The summed E-state index contributed by atoms with van der Waals surface area (Å²) in [6.45, 7) is 4.86. The fraction of sp³-hybridized carbons (Fsp3) is 0.818. The van der Waals surface area contributed by atoms with Crippen LogP contribution in [0.3, 0.4) is 0 Å². The molecule has 0 radical (unpaired) electrons. The van der Waals surface area contributed by atoms with Crippen LogP contribution in [0.25, 0.3) is 0 Å². The predicted molar refractivity (Wildman–Crippen MR) is 46.2 cm³/mol. The number of rotatable bonds is 0. The van der Waals surface area contributed by atoms with Gasteiger partial charge in [0.2, 0.25) is 0 Å². The maximum atomic E-state index is 2.54. The lowest BCUT2D eigenvalue weighted by molar-refractivity contribution is 0.246. The first-order chi connectivity index (χ1) is 5.23. The Balaban J connectivity index is 1.89. The summed E-state index contributed by atoms with van der Waals surface area (Å²) in [5.74, 6) is 2.88. The van der Waals surface area contributed by atoms with Crippen LogP contribution in [0.15, 0.2) is 11.6 Å². The molecule has 0 aromatic heterocycles. The Bertz CT molecular complexity index is 230. The van der Waals surface area contributed by atoms with Gasteiger partial charge in [-0.15, -0.1) is 0 Å². The molecule has 0 heteroatoms. The summed E-state index contributed by atoms with van der Waals surface area (Å²) in [5.41, 5.74) is 2.62. The van der Waals surface area contributed by atoms with Crippen molar-refractivity contribution in [1.82, 2.24) is 0 Å². The predicted octanol–water partition coefficient (Wildman–Crippen LogP) is 3.00. The number of allylic oxidation sites excluding steroid dienone is 2. The molecule has 60 valence electrons. The van der Waals surface area contributed by atoms with E-state index in [0.717, 1.165) is 23.2 Å². The minimum atomic E-state index is 0.774. The van der Waals surface area contributed by atoms with Gasteiger partial charge in [-0.1, -0.05) is 25.5 Å². The molecular formula is C11H16. The molecule has 0 bridgehead atoms. The van der Waals surface area contributed by atoms with E-state index in [2.05, 4.69) is 19.9 Å². The molecule has 2 fully saturated rings. The van der Waals surface area contributed by atoms with Crippen molar-refractivity contribution in [3.8, 4) is 0 Å². The molecule has 0 aliphatic heterocycles. The molecule has 0 N–H and O–H groups in total. The zero-order chi connectivity index (χ0) is 7.64. The third-order valence-corrected chi connectivity index (χ3v) is 4.25. The summed E-state index contributed by atoms with van der Waals surface area (Å²) in [5, 5.41) is 0. The van der Waals surface area contributed by atoms with E-state index < -0.39 is 0 Å². The number of hydrogen-bond acceptors (Lipinski definition) is 0. The van der Waals surface area contributed by atoms with Gasteiger partial charge >= 0.3 is 0 Å². The van der Waals surface area contributed by atoms with Crippen molar-refractivity contribution in [3.63, 3.8) is 0 Å². The fourth-order valence-corrected chi connectivity index (χ4v) is 3.03. The SMILES string of the molecule is CC1CC2(CC2)C2=CC2C1C. The van der Waals surface area contributed by atoms with E-state index >= 15 is 0 Å². The second kappa shape index (κ2) is 1.57. The molecule has 0 aromatic carbocycles. The van der Waals surface area contributed by atoms with Gasteiger partial charge in [0.1, 0.15) is 0 Å². The van der Waals surface area contributed by atoms with Crippen LogP contribution in [-0.2, 0) is 0 Å². The van der Waals surface area contributed by atoms with E-state index in [1.807, 2.05) is 5.57 Å². The van der Waals surface area contributed by atoms with Gasteiger partial charge < -0.3 is 0 Å². The summed E-state index contributed by atoms with van der Waals surface area (Å²) in [4.78, 5) is 0. The van der Waals surface area contributed by atoms with E-state index in [4.69, 9.17) is 0 Å². The highest BCUT2D eigenvalue weighted by molar-refractivity contribution is 5.43. The summed E-state index contributed by atoms with van der Waals surface area (Å²) in [6, 6.07) is 0. The lowest BCUT2D eigenvalue weighted by atomic mass is 9.73. The van der Waals surface area contributed by atoms with Crippen molar-refractivity contribution in [2.45, 2.75) is 33.1 Å². The second-order valence-electron chi connectivity index (χ2n) is 4.97. The van der Waals surface area contributed by atoms with Crippen LogP contribution >= 0.6 is 0 Å². The molecule has 3 aliphatic carbocycles. The van der Waals surface area contributed by atoms with Crippen LogP contribution in [0.5, 0.6) is 0 Å². The van der Waals surface area contributed by atoms with Crippen LogP contribution in [-0.4, -0.2) is 0 Å². The van der Waals surface area contributed by atoms with Gasteiger partial charge in [0.15, 0.2) is 0 Å². The van der Waals surface area contributed by atoms with E-state index in [9.17, 15) is 0 Å². The Hall–Kier alpha value is -0.260. The minimum Gasteiger partial charge on any atom is -0.0767 e. The Morgan fingerprint density at radius 2 is 2.09 bits per heavy atom. The maximum Gasteiger partial charge on any atom is 0.00138 e. The monoisotopic (exact) mass is 148 g/mol. The molecule has 3 rings (SSSR count). The van der Waals surface area contributed by atoms with Gasteiger partial charge in [-0.2, -0.15) is 0 Å². The maximum absolute atomic E-state index is 2.54.